The van der Waals surface area contributed by atoms with Gasteiger partial charge in [-0.2, -0.15) is 0 Å². The number of hydrogen-bond donors (Lipinski definition) is 2. The van der Waals surface area contributed by atoms with Crippen LogP contribution in [0.2, 0.25) is 0 Å². The smallest absolute Gasteiger partial charge is 0.248 e. The highest BCUT2D eigenvalue weighted by Gasteiger charge is 2.18. The lowest BCUT2D eigenvalue weighted by atomic mass is 10.1. The predicted octanol–water partition coefficient (Wildman–Crippen LogP) is 2.71. The zero-order valence-corrected chi connectivity index (χ0v) is 13.8. The molecule has 6 heteroatoms. The van der Waals surface area contributed by atoms with Crippen LogP contribution in [-0.4, -0.2) is 24.9 Å². The Morgan fingerprint density at radius 1 is 1.12 bits per heavy atom. The van der Waals surface area contributed by atoms with Crippen molar-refractivity contribution in [1.82, 2.24) is 0 Å². The van der Waals surface area contributed by atoms with Crippen molar-refractivity contribution in [2.24, 2.45) is 5.73 Å². The van der Waals surface area contributed by atoms with Gasteiger partial charge in [0.15, 0.2) is 0 Å². The number of benzene rings is 2. The third-order valence-corrected chi connectivity index (χ3v) is 4.26. The van der Waals surface area contributed by atoms with E-state index >= 15 is 0 Å². The lowest BCUT2D eigenvalue weighted by Gasteiger charge is -2.22. The number of hydrogen-bond acceptors (Lipinski definition) is 3. The molecule has 0 atom stereocenters. The first-order chi connectivity index (χ1) is 12.0. The van der Waals surface area contributed by atoms with Crippen LogP contribution in [-0.2, 0) is 11.2 Å². The second-order valence-electron chi connectivity index (χ2n) is 6.15. The number of carbonyl (C=O) groups excluding carboxylic acids is 2. The van der Waals surface area contributed by atoms with E-state index in [1.807, 2.05) is 6.07 Å². The second-order valence-corrected chi connectivity index (χ2v) is 6.15. The molecule has 0 spiro atoms. The molecule has 1 aliphatic heterocycles. The second kappa shape index (κ2) is 7.34. The molecule has 3 rings (SSSR count). The molecule has 0 aromatic heterocycles. The molecule has 5 nitrogen and oxygen atoms in total. The molecule has 1 fully saturated rings. The number of amides is 2. The van der Waals surface area contributed by atoms with Crippen LogP contribution in [0.25, 0.3) is 0 Å². The van der Waals surface area contributed by atoms with Crippen LogP contribution < -0.4 is 16.0 Å². The average Bonchev–Trinajstić information content (AvgIpc) is 3.08. The summed E-state index contributed by atoms with van der Waals surface area (Å²) in [6, 6.07) is 11.0. The van der Waals surface area contributed by atoms with Gasteiger partial charge in [0.05, 0.1) is 17.8 Å². The number of primary amides is 1. The van der Waals surface area contributed by atoms with Crippen molar-refractivity contribution in [1.29, 1.82) is 0 Å². The molecule has 0 unspecified atom stereocenters. The Bertz CT molecular complexity index is 801. The molecule has 1 heterocycles. The summed E-state index contributed by atoms with van der Waals surface area (Å²) in [5.74, 6) is -1.19. The minimum Gasteiger partial charge on any atom is -0.370 e. The van der Waals surface area contributed by atoms with Crippen molar-refractivity contribution in [3.8, 4) is 0 Å². The topological polar surface area (TPSA) is 75.4 Å². The van der Waals surface area contributed by atoms with Crippen LogP contribution >= 0.6 is 0 Å². The van der Waals surface area contributed by atoms with Crippen molar-refractivity contribution in [2.75, 3.05) is 23.3 Å². The number of anilines is 2. The van der Waals surface area contributed by atoms with Gasteiger partial charge in [-0.1, -0.05) is 12.1 Å². The van der Waals surface area contributed by atoms with E-state index in [2.05, 4.69) is 10.2 Å². The maximum Gasteiger partial charge on any atom is 0.248 e. The fraction of sp³-hybridized carbons (Fsp3) is 0.263. The van der Waals surface area contributed by atoms with Crippen molar-refractivity contribution in [3.05, 3.63) is 59.4 Å². The van der Waals surface area contributed by atoms with Crippen molar-refractivity contribution < 1.29 is 14.0 Å². The molecule has 2 amide bonds. The Morgan fingerprint density at radius 2 is 1.88 bits per heavy atom. The molecule has 1 aliphatic rings. The number of nitrogens with one attached hydrogen (secondary N) is 1. The van der Waals surface area contributed by atoms with Crippen molar-refractivity contribution >= 4 is 23.2 Å². The Labute approximate surface area is 145 Å². The molecule has 1 saturated heterocycles. The van der Waals surface area contributed by atoms with Gasteiger partial charge in [-0.15, -0.1) is 0 Å². The summed E-state index contributed by atoms with van der Waals surface area (Å²) in [7, 11) is 0. The third kappa shape index (κ3) is 4.15. The molecule has 0 saturated carbocycles. The van der Waals surface area contributed by atoms with Crippen LogP contribution in [0.4, 0.5) is 15.8 Å². The van der Waals surface area contributed by atoms with Crippen LogP contribution in [0.15, 0.2) is 42.5 Å². The zero-order valence-electron chi connectivity index (χ0n) is 13.8. The first kappa shape index (κ1) is 17.0. The van der Waals surface area contributed by atoms with E-state index < -0.39 is 5.91 Å². The number of nitrogens with zero attached hydrogens (tertiary/aromatic N) is 1. The first-order valence-corrected chi connectivity index (χ1v) is 8.26. The maximum absolute atomic E-state index is 13.3. The van der Waals surface area contributed by atoms with Crippen LogP contribution in [0, 0.1) is 5.82 Å². The molecular weight excluding hydrogens is 321 g/mol. The normalized spacial score (nSPS) is 13.7. The molecule has 130 valence electrons. The number of nitrogens with two attached hydrogens (primary N) is 1. The molecule has 0 radical (unpaired) electrons. The fourth-order valence-corrected chi connectivity index (χ4v) is 3.05. The Hall–Kier alpha value is -2.89. The van der Waals surface area contributed by atoms with Gasteiger partial charge in [-0.3, -0.25) is 9.59 Å². The van der Waals surface area contributed by atoms with E-state index in [0.717, 1.165) is 31.6 Å². The Kier molecular flexibility index (Phi) is 4.97. The highest BCUT2D eigenvalue weighted by Crippen LogP contribution is 2.30. The van der Waals surface area contributed by atoms with Gasteiger partial charge in [0.2, 0.25) is 11.8 Å². The van der Waals surface area contributed by atoms with Crippen molar-refractivity contribution in [2.45, 2.75) is 19.3 Å². The van der Waals surface area contributed by atoms with Crippen molar-refractivity contribution in [3.63, 3.8) is 0 Å². The van der Waals surface area contributed by atoms with Crippen LogP contribution in [0.5, 0.6) is 0 Å². The van der Waals surface area contributed by atoms with E-state index in [9.17, 15) is 14.0 Å². The molecular formula is C19H20FN3O2. The van der Waals surface area contributed by atoms with Gasteiger partial charge in [-0.05, 0) is 48.7 Å². The van der Waals surface area contributed by atoms with Gasteiger partial charge in [-0.25, -0.2) is 4.39 Å². The highest BCUT2D eigenvalue weighted by molar-refractivity contribution is 5.99. The minimum atomic E-state index is -0.548. The summed E-state index contributed by atoms with van der Waals surface area (Å²) in [5.41, 5.74) is 7.70. The van der Waals surface area contributed by atoms with Crippen LogP contribution in [0.3, 0.4) is 0 Å². The van der Waals surface area contributed by atoms with Gasteiger partial charge in [0.1, 0.15) is 5.82 Å². The molecule has 0 aliphatic carbocycles. The Balaban J connectivity index is 1.82. The van der Waals surface area contributed by atoms with Gasteiger partial charge < -0.3 is 16.0 Å². The minimum absolute atomic E-state index is 0.0536. The number of carbonyl (C=O) groups is 2. The van der Waals surface area contributed by atoms with E-state index in [4.69, 9.17) is 5.73 Å². The standard InChI is InChI=1S/C19H20FN3O2/c20-15-5-3-4-13(10-15)11-18(24)22-16-12-14(19(21)25)6-7-17(16)23-8-1-2-9-23/h3-7,10,12H,1-2,8-9,11H2,(H2,21,25)(H,22,24). The fourth-order valence-electron chi connectivity index (χ4n) is 3.05. The number of rotatable bonds is 5. The van der Waals surface area contributed by atoms with E-state index in [1.165, 1.54) is 12.1 Å². The lowest BCUT2D eigenvalue weighted by molar-refractivity contribution is -0.115. The van der Waals surface area contributed by atoms with E-state index in [1.54, 1.807) is 24.3 Å². The van der Waals surface area contributed by atoms with Gasteiger partial charge >= 0.3 is 0 Å². The predicted molar refractivity (Wildman–Crippen MR) is 95.1 cm³/mol. The maximum atomic E-state index is 13.3. The first-order valence-electron chi connectivity index (χ1n) is 8.26. The summed E-state index contributed by atoms with van der Waals surface area (Å²) in [6.45, 7) is 1.81. The summed E-state index contributed by atoms with van der Waals surface area (Å²) in [4.78, 5) is 26.0. The monoisotopic (exact) mass is 341 g/mol. The van der Waals surface area contributed by atoms with E-state index in [-0.39, 0.29) is 18.1 Å². The van der Waals surface area contributed by atoms with Gasteiger partial charge in [0.25, 0.3) is 0 Å². The summed E-state index contributed by atoms with van der Waals surface area (Å²) >= 11 is 0. The quantitative estimate of drug-likeness (QED) is 0.878. The summed E-state index contributed by atoms with van der Waals surface area (Å²) in [6.07, 6.45) is 2.24. The zero-order chi connectivity index (χ0) is 17.8. The van der Waals surface area contributed by atoms with Gasteiger partial charge in [0, 0.05) is 18.7 Å². The lowest BCUT2D eigenvalue weighted by Crippen LogP contribution is -2.22. The molecule has 0 bridgehead atoms. The molecule has 25 heavy (non-hydrogen) atoms. The third-order valence-electron chi connectivity index (χ3n) is 4.26. The van der Waals surface area contributed by atoms with E-state index in [0.29, 0.717) is 16.8 Å². The molecule has 3 N–H and O–H groups in total. The largest absolute Gasteiger partial charge is 0.370 e. The average molecular weight is 341 g/mol. The molecule has 2 aromatic carbocycles. The number of halogens is 1. The molecule has 2 aromatic rings. The summed E-state index contributed by atoms with van der Waals surface area (Å²) < 4.78 is 13.3. The highest BCUT2D eigenvalue weighted by atomic mass is 19.1. The van der Waals surface area contributed by atoms with Crippen LogP contribution in [0.1, 0.15) is 28.8 Å². The summed E-state index contributed by atoms with van der Waals surface area (Å²) in [5, 5.41) is 2.84. The Morgan fingerprint density at radius 3 is 2.56 bits per heavy atom. The SMILES string of the molecule is NC(=O)c1ccc(N2CCCC2)c(NC(=O)Cc2cccc(F)c2)c1.